The molecule has 0 spiro atoms. The lowest BCUT2D eigenvalue weighted by molar-refractivity contribution is 0.152. The van der Waals surface area contributed by atoms with Gasteiger partial charge < -0.3 is 0 Å². The third-order valence-corrected chi connectivity index (χ3v) is 2.74. The third-order valence-electron chi connectivity index (χ3n) is 1.42. The minimum absolute atomic E-state index is 0.257. The van der Waals surface area contributed by atoms with Crippen LogP contribution in [0, 0.1) is 17.5 Å². The largest absolute Gasteiger partial charge is 0.290 e. The second-order valence-corrected chi connectivity index (χ2v) is 4.07. The molecular formula is C7H6F3NO3S. The highest BCUT2D eigenvalue weighted by Crippen LogP contribution is 2.19. The van der Waals surface area contributed by atoms with Gasteiger partial charge >= 0.3 is 0 Å². The predicted molar refractivity (Wildman–Crippen MR) is 43.6 cm³/mol. The summed E-state index contributed by atoms with van der Waals surface area (Å²) in [7, 11) is -3.52. The van der Waals surface area contributed by atoms with Crippen molar-refractivity contribution in [2.24, 2.45) is 0 Å². The van der Waals surface area contributed by atoms with Gasteiger partial charge in [-0.05, 0) is 0 Å². The van der Waals surface area contributed by atoms with E-state index in [-0.39, 0.29) is 12.1 Å². The lowest BCUT2D eigenvalue weighted by Gasteiger charge is -2.06. The fourth-order valence-corrected chi connectivity index (χ4v) is 1.87. The molecule has 0 unspecified atom stereocenters. The molecule has 84 valence electrons. The minimum Gasteiger partial charge on any atom is -0.290 e. The summed E-state index contributed by atoms with van der Waals surface area (Å²) in [5, 5.41) is 0. The zero-order chi connectivity index (χ0) is 11.6. The van der Waals surface area contributed by atoms with Crippen LogP contribution in [0.3, 0.4) is 0 Å². The lowest BCUT2D eigenvalue weighted by Crippen LogP contribution is -2.24. The Morgan fingerprint density at radius 2 is 1.67 bits per heavy atom. The van der Waals surface area contributed by atoms with Gasteiger partial charge in [-0.1, -0.05) is 4.89 Å². The molecule has 0 radical (unpaired) electrons. The van der Waals surface area contributed by atoms with Gasteiger partial charge in [0, 0.05) is 12.1 Å². The summed E-state index contributed by atoms with van der Waals surface area (Å²) in [6.45, 7) is 0. The number of rotatable bonds is 3. The molecule has 0 amide bonds. The van der Waals surface area contributed by atoms with Crippen molar-refractivity contribution in [1.29, 1.82) is 0 Å². The second-order valence-electron chi connectivity index (χ2n) is 2.49. The van der Waals surface area contributed by atoms with E-state index in [0.717, 1.165) is 7.11 Å². The summed E-state index contributed by atoms with van der Waals surface area (Å²) in [6.07, 6.45) is 0. The zero-order valence-corrected chi connectivity index (χ0v) is 8.24. The van der Waals surface area contributed by atoms with E-state index in [1.165, 1.54) is 4.89 Å². The third kappa shape index (κ3) is 2.46. The highest BCUT2D eigenvalue weighted by atomic mass is 32.2. The lowest BCUT2D eigenvalue weighted by atomic mass is 10.3. The smallest absolute Gasteiger partial charge is 0.268 e. The number of hydrogen-bond donors (Lipinski definition) is 1. The van der Waals surface area contributed by atoms with Crippen molar-refractivity contribution in [3.05, 3.63) is 29.6 Å². The summed E-state index contributed by atoms with van der Waals surface area (Å²) >= 11 is 0. The van der Waals surface area contributed by atoms with Gasteiger partial charge in [0.2, 0.25) is 0 Å². The quantitative estimate of drug-likeness (QED) is 0.801. The van der Waals surface area contributed by atoms with Crippen LogP contribution in [0.15, 0.2) is 17.0 Å². The van der Waals surface area contributed by atoms with Gasteiger partial charge in [-0.3, -0.25) is 4.84 Å². The molecular weight excluding hydrogens is 235 g/mol. The highest BCUT2D eigenvalue weighted by molar-refractivity contribution is 7.89. The Hall–Kier alpha value is -1.12. The normalized spacial score (nSPS) is 11.7. The van der Waals surface area contributed by atoms with E-state index >= 15 is 0 Å². The van der Waals surface area contributed by atoms with E-state index in [2.05, 4.69) is 4.84 Å². The van der Waals surface area contributed by atoms with E-state index in [4.69, 9.17) is 0 Å². The fourth-order valence-electron chi connectivity index (χ4n) is 0.937. The number of halogens is 3. The van der Waals surface area contributed by atoms with E-state index in [9.17, 15) is 21.6 Å². The highest BCUT2D eigenvalue weighted by Gasteiger charge is 2.24. The Kier molecular flexibility index (Phi) is 3.32. The van der Waals surface area contributed by atoms with Gasteiger partial charge in [-0.25, -0.2) is 21.6 Å². The number of nitrogens with one attached hydrogen (secondary N) is 1. The Morgan fingerprint density at radius 3 is 2.07 bits per heavy atom. The molecule has 1 N–H and O–H groups in total. The van der Waals surface area contributed by atoms with Crippen LogP contribution in [0.25, 0.3) is 0 Å². The van der Waals surface area contributed by atoms with Crippen LogP contribution in [-0.4, -0.2) is 15.5 Å². The van der Waals surface area contributed by atoms with Gasteiger partial charge in [0.25, 0.3) is 10.0 Å². The van der Waals surface area contributed by atoms with Crippen LogP contribution in [0.1, 0.15) is 0 Å². The van der Waals surface area contributed by atoms with Crippen molar-refractivity contribution in [3.63, 3.8) is 0 Å². The molecule has 0 aliphatic heterocycles. The van der Waals surface area contributed by atoms with E-state index in [0.29, 0.717) is 0 Å². The molecule has 0 saturated heterocycles. The first-order chi connectivity index (χ1) is 6.88. The molecule has 0 bridgehead atoms. The SMILES string of the molecule is CONS(=O)(=O)c1c(F)cc(F)cc1F. The maximum atomic E-state index is 13.0. The van der Waals surface area contributed by atoms with Crippen LogP contribution in [-0.2, 0) is 14.9 Å². The summed E-state index contributed by atoms with van der Waals surface area (Å²) in [5.74, 6) is -4.27. The maximum Gasteiger partial charge on any atom is 0.268 e. The maximum absolute atomic E-state index is 13.0. The summed E-state index contributed by atoms with van der Waals surface area (Å²) in [4.78, 5) is 4.16. The molecule has 0 heterocycles. The molecule has 0 atom stereocenters. The summed E-state index contributed by atoms with van der Waals surface area (Å²) < 4.78 is 60.7. The van der Waals surface area contributed by atoms with Crippen LogP contribution in [0.2, 0.25) is 0 Å². The number of benzene rings is 1. The first-order valence-electron chi connectivity index (χ1n) is 3.58. The number of sulfonamides is 1. The predicted octanol–water partition coefficient (Wildman–Crippen LogP) is 0.944. The standard InChI is InChI=1S/C7H6F3NO3S/c1-14-11-15(12,13)7-5(9)2-4(8)3-6(7)10/h2-3,11H,1H3. The van der Waals surface area contributed by atoms with Crippen molar-refractivity contribution in [3.8, 4) is 0 Å². The zero-order valence-electron chi connectivity index (χ0n) is 7.42. The molecule has 0 fully saturated rings. The molecule has 1 aromatic rings. The fraction of sp³-hybridized carbons (Fsp3) is 0.143. The van der Waals surface area contributed by atoms with Gasteiger partial charge in [-0.2, -0.15) is 0 Å². The van der Waals surface area contributed by atoms with Crippen molar-refractivity contribution in [1.82, 2.24) is 4.89 Å². The minimum atomic E-state index is -4.48. The number of hydrogen-bond acceptors (Lipinski definition) is 3. The Bertz CT molecular complexity index is 451. The Morgan fingerprint density at radius 1 is 1.20 bits per heavy atom. The van der Waals surface area contributed by atoms with Gasteiger partial charge in [-0.15, -0.1) is 0 Å². The molecule has 0 aliphatic rings. The Balaban J connectivity index is 3.38. The monoisotopic (exact) mass is 241 g/mol. The van der Waals surface area contributed by atoms with Gasteiger partial charge in [0.05, 0.1) is 7.11 Å². The van der Waals surface area contributed by atoms with Gasteiger partial charge in [0.15, 0.2) is 4.90 Å². The van der Waals surface area contributed by atoms with Crippen LogP contribution in [0.5, 0.6) is 0 Å². The summed E-state index contributed by atoms with van der Waals surface area (Å²) in [6, 6.07) is 0.514. The van der Waals surface area contributed by atoms with E-state index in [1.807, 2.05) is 0 Å². The average Bonchev–Trinajstić information content (AvgIpc) is 1.99. The molecule has 0 saturated carbocycles. The topological polar surface area (TPSA) is 55.4 Å². The van der Waals surface area contributed by atoms with Crippen molar-refractivity contribution in [2.75, 3.05) is 7.11 Å². The first-order valence-corrected chi connectivity index (χ1v) is 5.06. The van der Waals surface area contributed by atoms with E-state index < -0.39 is 32.4 Å². The van der Waals surface area contributed by atoms with Crippen LogP contribution < -0.4 is 4.89 Å². The molecule has 1 rings (SSSR count). The molecule has 4 nitrogen and oxygen atoms in total. The van der Waals surface area contributed by atoms with Gasteiger partial charge in [0.1, 0.15) is 17.5 Å². The summed E-state index contributed by atoms with van der Waals surface area (Å²) in [5.41, 5.74) is 0. The molecule has 1 aromatic carbocycles. The van der Waals surface area contributed by atoms with Crippen molar-refractivity contribution < 1.29 is 26.4 Å². The van der Waals surface area contributed by atoms with E-state index in [1.54, 1.807) is 0 Å². The van der Waals surface area contributed by atoms with Crippen LogP contribution >= 0.6 is 0 Å². The molecule has 0 aliphatic carbocycles. The first kappa shape index (κ1) is 12.0. The van der Waals surface area contributed by atoms with Crippen molar-refractivity contribution >= 4 is 10.0 Å². The second kappa shape index (κ2) is 4.17. The van der Waals surface area contributed by atoms with Crippen molar-refractivity contribution in [2.45, 2.75) is 4.90 Å². The Labute approximate surface area is 83.7 Å². The molecule has 0 aromatic heterocycles. The molecule has 15 heavy (non-hydrogen) atoms. The molecule has 8 heteroatoms. The van der Waals surface area contributed by atoms with Crippen LogP contribution in [0.4, 0.5) is 13.2 Å². The average molecular weight is 241 g/mol.